The van der Waals surface area contributed by atoms with Crippen LogP contribution in [0.2, 0.25) is 0 Å². The molecule has 6 nitrogen and oxygen atoms in total. The molecule has 0 spiro atoms. The van der Waals surface area contributed by atoms with Crippen molar-refractivity contribution in [3.05, 3.63) is 53.3 Å². The minimum atomic E-state index is -0.0908. The zero-order valence-corrected chi connectivity index (χ0v) is 21.4. The van der Waals surface area contributed by atoms with Gasteiger partial charge in [-0.1, -0.05) is 74.4 Å². The van der Waals surface area contributed by atoms with Crippen molar-refractivity contribution in [2.24, 2.45) is 0 Å². The van der Waals surface area contributed by atoms with Crippen LogP contribution in [0.3, 0.4) is 0 Å². The number of ether oxygens (including phenoxy) is 1. The molecule has 0 fully saturated rings. The van der Waals surface area contributed by atoms with Crippen LogP contribution in [0.1, 0.15) is 63.4 Å². The van der Waals surface area contributed by atoms with E-state index in [9.17, 15) is 5.11 Å². The molecule has 0 atom stereocenters. The van der Waals surface area contributed by atoms with Gasteiger partial charge in [0.2, 0.25) is 0 Å². The van der Waals surface area contributed by atoms with Gasteiger partial charge in [0.15, 0.2) is 5.82 Å². The largest absolute Gasteiger partial charge is 1.00 e. The Morgan fingerprint density at radius 1 is 1.06 bits per heavy atom. The van der Waals surface area contributed by atoms with E-state index in [2.05, 4.69) is 41.4 Å². The molecule has 3 rings (SSSR count). The van der Waals surface area contributed by atoms with Crippen LogP contribution in [0.4, 0.5) is 0 Å². The molecule has 0 saturated heterocycles. The minimum Gasteiger partial charge on any atom is -0.872 e. The summed E-state index contributed by atoms with van der Waals surface area (Å²) in [6, 6.07) is 11.7. The number of aromatic nitrogens is 4. The molecule has 0 unspecified atom stereocenters. The summed E-state index contributed by atoms with van der Waals surface area (Å²) in [5, 5.41) is 27.0. The minimum absolute atomic E-state index is 0. The Morgan fingerprint density at radius 3 is 2.45 bits per heavy atom. The van der Waals surface area contributed by atoms with Gasteiger partial charge in [-0.2, -0.15) is 5.21 Å². The number of rotatable bonds is 10. The van der Waals surface area contributed by atoms with E-state index < -0.39 is 0 Å². The Bertz CT molecular complexity index is 941. The number of hydrogen-bond acceptors (Lipinski definition) is 5. The maximum absolute atomic E-state index is 12.7. The first-order valence-corrected chi connectivity index (χ1v) is 10.7. The van der Waals surface area contributed by atoms with Crippen LogP contribution < -0.4 is 39.4 Å². The Labute approximate surface area is 207 Å². The summed E-state index contributed by atoms with van der Waals surface area (Å²) >= 11 is 0. The molecule has 1 heterocycles. The smallest absolute Gasteiger partial charge is 0.872 e. The van der Waals surface area contributed by atoms with Crippen molar-refractivity contribution in [3.63, 3.8) is 0 Å². The van der Waals surface area contributed by atoms with Crippen LogP contribution in [-0.2, 0) is 11.8 Å². The summed E-state index contributed by atoms with van der Waals surface area (Å²) in [5.41, 5.74) is 3.86. The summed E-state index contributed by atoms with van der Waals surface area (Å²) in [6.07, 6.45) is 4.87. The fraction of sp³-hybridized carbons (Fsp3) is 0.458. The summed E-state index contributed by atoms with van der Waals surface area (Å²) in [5.74, 6) is 1.47. The standard InChI is InChI=1S/C24H32N4O2.Na/c1-5-18-15-20(19-11-9-17(2)10-12-19)21(29)16-22(18)30-14-8-6-7-13-24(3,4)23-25-27-28-26-23;/h9-12,15-16,29H,5-8,13-14H2,1-4H3,(H,25,26,27,28);/q;+1/p-1. The van der Waals surface area contributed by atoms with E-state index in [1.165, 1.54) is 5.56 Å². The fourth-order valence-electron chi connectivity index (χ4n) is 3.56. The number of aryl methyl sites for hydroxylation is 2. The second-order valence-corrected chi connectivity index (χ2v) is 8.45. The molecule has 1 N–H and O–H groups in total. The predicted molar refractivity (Wildman–Crippen MR) is 117 cm³/mol. The topological polar surface area (TPSA) is 86.8 Å². The molecule has 0 saturated carbocycles. The number of nitrogens with zero attached hydrogens (tertiary/aromatic N) is 3. The number of aromatic amines is 1. The Kier molecular flexibility index (Phi) is 9.54. The van der Waals surface area contributed by atoms with Crippen LogP contribution >= 0.6 is 0 Å². The number of nitrogens with one attached hydrogen (secondary N) is 1. The molecule has 2 aromatic carbocycles. The molecule has 0 radical (unpaired) electrons. The summed E-state index contributed by atoms with van der Waals surface area (Å²) in [6.45, 7) is 9.01. The van der Waals surface area contributed by atoms with Gasteiger partial charge in [0.05, 0.1) is 6.61 Å². The maximum Gasteiger partial charge on any atom is 1.00 e. The molecule has 0 bridgehead atoms. The van der Waals surface area contributed by atoms with Crippen molar-refractivity contribution in [3.8, 4) is 22.6 Å². The molecular formula is C24H31N4NaO2. The molecule has 0 aliphatic rings. The fourth-order valence-corrected chi connectivity index (χ4v) is 3.56. The van der Waals surface area contributed by atoms with Crippen molar-refractivity contribution in [1.29, 1.82) is 0 Å². The van der Waals surface area contributed by atoms with Gasteiger partial charge in [0.1, 0.15) is 5.75 Å². The van der Waals surface area contributed by atoms with Crippen molar-refractivity contribution in [2.45, 2.75) is 65.2 Å². The molecular weight excluding hydrogens is 399 g/mol. The van der Waals surface area contributed by atoms with Gasteiger partial charge in [-0.05, 0) is 55.0 Å². The van der Waals surface area contributed by atoms with Gasteiger partial charge in [0.25, 0.3) is 0 Å². The van der Waals surface area contributed by atoms with Crippen LogP contribution in [0.5, 0.6) is 11.5 Å². The first-order chi connectivity index (χ1) is 14.4. The van der Waals surface area contributed by atoms with E-state index >= 15 is 0 Å². The molecule has 160 valence electrons. The van der Waals surface area contributed by atoms with Crippen LogP contribution in [0.25, 0.3) is 11.1 Å². The molecule has 3 aromatic rings. The van der Waals surface area contributed by atoms with Gasteiger partial charge < -0.3 is 9.84 Å². The number of tetrazole rings is 1. The zero-order chi connectivity index (χ0) is 21.6. The monoisotopic (exact) mass is 430 g/mol. The molecule has 0 amide bonds. The number of hydrogen-bond donors (Lipinski definition) is 1. The third-order valence-corrected chi connectivity index (χ3v) is 5.56. The van der Waals surface area contributed by atoms with Gasteiger partial charge in [-0.15, -0.1) is 10.2 Å². The molecule has 0 aliphatic carbocycles. The third-order valence-electron chi connectivity index (χ3n) is 5.56. The van der Waals surface area contributed by atoms with Crippen LogP contribution in [-0.4, -0.2) is 27.2 Å². The summed E-state index contributed by atoms with van der Waals surface area (Å²) in [7, 11) is 0. The van der Waals surface area contributed by atoms with Gasteiger partial charge >= 0.3 is 29.6 Å². The molecule has 1 aromatic heterocycles. The van der Waals surface area contributed by atoms with Crippen molar-refractivity contribution >= 4 is 0 Å². The first kappa shape index (κ1) is 25.4. The second kappa shape index (κ2) is 11.7. The van der Waals surface area contributed by atoms with E-state index in [1.807, 2.05) is 37.3 Å². The van der Waals surface area contributed by atoms with E-state index in [4.69, 9.17) is 4.74 Å². The van der Waals surface area contributed by atoms with Crippen molar-refractivity contribution < 1.29 is 39.4 Å². The molecule has 7 heteroatoms. The summed E-state index contributed by atoms with van der Waals surface area (Å²) < 4.78 is 5.98. The molecule has 31 heavy (non-hydrogen) atoms. The maximum atomic E-state index is 12.7. The number of benzene rings is 2. The predicted octanol–water partition coefficient (Wildman–Crippen LogP) is 1.73. The van der Waals surface area contributed by atoms with E-state index in [-0.39, 0.29) is 40.7 Å². The average Bonchev–Trinajstić information content (AvgIpc) is 3.27. The normalized spacial score (nSPS) is 11.2. The quantitative estimate of drug-likeness (QED) is 0.391. The first-order valence-electron chi connectivity index (χ1n) is 10.7. The third kappa shape index (κ3) is 6.79. The van der Waals surface area contributed by atoms with Crippen LogP contribution in [0.15, 0.2) is 36.4 Å². The Hall–Kier alpha value is -1.89. The van der Waals surface area contributed by atoms with Gasteiger partial charge in [0, 0.05) is 5.41 Å². The van der Waals surface area contributed by atoms with E-state index in [0.29, 0.717) is 12.4 Å². The van der Waals surface area contributed by atoms with Gasteiger partial charge in [-0.3, -0.25) is 0 Å². The van der Waals surface area contributed by atoms with Crippen molar-refractivity contribution in [2.75, 3.05) is 6.61 Å². The number of H-pyrrole nitrogens is 1. The van der Waals surface area contributed by atoms with Gasteiger partial charge in [-0.25, -0.2) is 0 Å². The SMILES string of the molecule is CCc1cc(-c2ccc(C)cc2)c([O-])cc1OCCCCCC(C)(C)c1nn[nH]n1.[Na+]. The number of unbranched alkanes of at least 4 members (excludes halogenated alkanes) is 2. The van der Waals surface area contributed by atoms with E-state index in [0.717, 1.165) is 54.6 Å². The van der Waals surface area contributed by atoms with E-state index in [1.54, 1.807) is 6.07 Å². The zero-order valence-electron chi connectivity index (χ0n) is 19.4. The Balaban J connectivity index is 0.00000341. The van der Waals surface area contributed by atoms with Crippen LogP contribution in [0, 0.1) is 6.92 Å². The second-order valence-electron chi connectivity index (χ2n) is 8.45. The van der Waals surface area contributed by atoms with Crippen molar-refractivity contribution in [1.82, 2.24) is 20.6 Å². The molecule has 0 aliphatic heterocycles. The average molecular weight is 431 g/mol. The summed E-state index contributed by atoms with van der Waals surface area (Å²) in [4.78, 5) is 0. The Morgan fingerprint density at radius 2 is 1.81 bits per heavy atom.